The standard InChI is InChI=1S/C16H16O3S/c1-16(9-18-11-19-10-16)13-6-4-12(5-7-13)15(17)14-3-2-8-20-14/h2-8H,9-11H2,1H3. The third-order valence-corrected chi connectivity index (χ3v) is 4.47. The summed E-state index contributed by atoms with van der Waals surface area (Å²) < 4.78 is 10.8. The first-order valence-corrected chi connectivity index (χ1v) is 7.41. The monoisotopic (exact) mass is 288 g/mol. The van der Waals surface area contributed by atoms with Crippen LogP contribution in [0.25, 0.3) is 0 Å². The highest BCUT2D eigenvalue weighted by Gasteiger charge is 2.30. The van der Waals surface area contributed by atoms with Gasteiger partial charge >= 0.3 is 0 Å². The van der Waals surface area contributed by atoms with Crippen LogP contribution in [0.3, 0.4) is 0 Å². The van der Waals surface area contributed by atoms with E-state index in [4.69, 9.17) is 9.47 Å². The molecule has 1 aromatic heterocycles. The molecule has 1 aromatic carbocycles. The summed E-state index contributed by atoms with van der Waals surface area (Å²) in [5, 5.41) is 1.92. The van der Waals surface area contributed by atoms with Crippen molar-refractivity contribution in [1.29, 1.82) is 0 Å². The summed E-state index contributed by atoms with van der Waals surface area (Å²) in [5.74, 6) is 0.0767. The van der Waals surface area contributed by atoms with E-state index >= 15 is 0 Å². The Morgan fingerprint density at radius 2 is 1.85 bits per heavy atom. The van der Waals surface area contributed by atoms with Gasteiger partial charge in [0.05, 0.1) is 18.1 Å². The summed E-state index contributed by atoms with van der Waals surface area (Å²) in [5.41, 5.74) is 1.72. The van der Waals surface area contributed by atoms with Crippen molar-refractivity contribution in [2.24, 2.45) is 0 Å². The molecule has 104 valence electrons. The maximum absolute atomic E-state index is 12.2. The molecular weight excluding hydrogens is 272 g/mol. The minimum Gasteiger partial charge on any atom is -0.354 e. The van der Waals surface area contributed by atoms with Crippen molar-refractivity contribution < 1.29 is 14.3 Å². The zero-order valence-electron chi connectivity index (χ0n) is 11.3. The summed E-state index contributed by atoms with van der Waals surface area (Å²) in [6, 6.07) is 11.5. The number of carbonyl (C=O) groups is 1. The number of hydrogen-bond donors (Lipinski definition) is 0. The fraction of sp³-hybridized carbons (Fsp3) is 0.312. The van der Waals surface area contributed by atoms with Crippen LogP contribution in [0.5, 0.6) is 0 Å². The third kappa shape index (κ3) is 2.54. The van der Waals surface area contributed by atoms with Crippen LogP contribution in [0.1, 0.15) is 27.7 Å². The second kappa shape index (κ2) is 5.48. The molecular formula is C16H16O3S. The van der Waals surface area contributed by atoms with Crippen LogP contribution in [0.2, 0.25) is 0 Å². The Kier molecular flexibility index (Phi) is 3.70. The number of benzene rings is 1. The van der Waals surface area contributed by atoms with Crippen molar-refractivity contribution >= 4 is 17.1 Å². The molecule has 4 heteroatoms. The Morgan fingerprint density at radius 1 is 1.15 bits per heavy atom. The molecule has 0 N–H and O–H groups in total. The SMILES string of the molecule is CC1(c2ccc(C(=O)c3cccs3)cc2)COCOC1. The maximum atomic E-state index is 12.2. The summed E-state index contributed by atoms with van der Waals surface area (Å²) in [6.07, 6.45) is 0. The Balaban J connectivity index is 1.82. The van der Waals surface area contributed by atoms with Gasteiger partial charge in [-0.2, -0.15) is 0 Å². The number of carbonyl (C=O) groups excluding carboxylic acids is 1. The van der Waals surface area contributed by atoms with Gasteiger partial charge in [-0.1, -0.05) is 37.3 Å². The molecule has 3 nitrogen and oxygen atoms in total. The third-order valence-electron chi connectivity index (χ3n) is 3.60. The fourth-order valence-corrected chi connectivity index (χ4v) is 3.06. The van der Waals surface area contributed by atoms with Crippen molar-refractivity contribution in [3.8, 4) is 0 Å². The molecule has 0 saturated carbocycles. The van der Waals surface area contributed by atoms with E-state index in [1.54, 1.807) is 0 Å². The van der Waals surface area contributed by atoms with Gasteiger partial charge < -0.3 is 9.47 Å². The van der Waals surface area contributed by atoms with E-state index in [0.29, 0.717) is 20.0 Å². The van der Waals surface area contributed by atoms with Crippen molar-refractivity contribution in [2.75, 3.05) is 20.0 Å². The second-order valence-electron chi connectivity index (χ2n) is 5.26. The van der Waals surface area contributed by atoms with Crippen molar-refractivity contribution in [3.05, 3.63) is 57.8 Å². The van der Waals surface area contributed by atoms with Crippen molar-refractivity contribution in [3.63, 3.8) is 0 Å². The first kappa shape index (κ1) is 13.5. The predicted molar refractivity (Wildman–Crippen MR) is 78.3 cm³/mol. The van der Waals surface area contributed by atoms with E-state index in [0.717, 1.165) is 16.0 Å². The molecule has 2 heterocycles. The minimum absolute atomic E-state index is 0.0767. The second-order valence-corrected chi connectivity index (χ2v) is 6.21. The molecule has 1 aliphatic heterocycles. The lowest BCUT2D eigenvalue weighted by Gasteiger charge is -2.33. The quantitative estimate of drug-likeness (QED) is 0.813. The lowest BCUT2D eigenvalue weighted by atomic mass is 9.83. The van der Waals surface area contributed by atoms with E-state index in [-0.39, 0.29) is 11.2 Å². The van der Waals surface area contributed by atoms with Gasteiger partial charge in [0.25, 0.3) is 0 Å². The molecule has 1 fully saturated rings. The van der Waals surface area contributed by atoms with Gasteiger partial charge in [0.2, 0.25) is 5.78 Å². The van der Waals surface area contributed by atoms with Crippen LogP contribution in [0.4, 0.5) is 0 Å². The molecule has 2 aromatic rings. The average molecular weight is 288 g/mol. The molecule has 1 aliphatic rings. The number of hydrogen-bond acceptors (Lipinski definition) is 4. The summed E-state index contributed by atoms with van der Waals surface area (Å²) in [7, 11) is 0. The first-order chi connectivity index (χ1) is 9.69. The normalized spacial score (nSPS) is 17.9. The molecule has 0 atom stereocenters. The largest absolute Gasteiger partial charge is 0.354 e. The molecule has 0 radical (unpaired) electrons. The van der Waals surface area contributed by atoms with Crippen LogP contribution >= 0.6 is 11.3 Å². The van der Waals surface area contributed by atoms with E-state index in [1.807, 2.05) is 41.8 Å². The molecule has 1 saturated heterocycles. The Labute approximate surface area is 122 Å². The number of ether oxygens (including phenoxy) is 2. The Hall–Kier alpha value is -1.49. The predicted octanol–water partition coefficient (Wildman–Crippen LogP) is 3.24. The molecule has 0 aliphatic carbocycles. The topological polar surface area (TPSA) is 35.5 Å². The highest BCUT2D eigenvalue weighted by atomic mass is 32.1. The first-order valence-electron chi connectivity index (χ1n) is 6.53. The number of rotatable bonds is 3. The van der Waals surface area contributed by atoms with E-state index < -0.39 is 0 Å². The summed E-state index contributed by atoms with van der Waals surface area (Å²) >= 11 is 1.47. The van der Waals surface area contributed by atoms with Crippen molar-refractivity contribution in [1.82, 2.24) is 0 Å². The summed E-state index contributed by atoms with van der Waals surface area (Å²) in [6.45, 7) is 3.77. The van der Waals surface area contributed by atoms with Crippen LogP contribution in [-0.4, -0.2) is 25.8 Å². The number of ketones is 1. The molecule has 0 amide bonds. The minimum atomic E-state index is -0.136. The van der Waals surface area contributed by atoms with Gasteiger partial charge in [0.15, 0.2) is 0 Å². The highest BCUT2D eigenvalue weighted by Crippen LogP contribution is 2.28. The Morgan fingerprint density at radius 3 is 2.45 bits per heavy atom. The van der Waals surface area contributed by atoms with Crippen LogP contribution in [-0.2, 0) is 14.9 Å². The van der Waals surface area contributed by atoms with Gasteiger partial charge in [-0.3, -0.25) is 4.79 Å². The van der Waals surface area contributed by atoms with Gasteiger partial charge in [-0.25, -0.2) is 0 Å². The van der Waals surface area contributed by atoms with Crippen molar-refractivity contribution in [2.45, 2.75) is 12.3 Å². The lowest BCUT2D eigenvalue weighted by Crippen LogP contribution is -2.38. The zero-order valence-corrected chi connectivity index (χ0v) is 12.1. The smallest absolute Gasteiger partial charge is 0.202 e. The summed E-state index contributed by atoms with van der Waals surface area (Å²) in [4.78, 5) is 13.0. The molecule has 3 rings (SSSR count). The molecule has 0 unspecified atom stereocenters. The fourth-order valence-electron chi connectivity index (χ4n) is 2.38. The van der Waals surface area contributed by atoms with Crippen LogP contribution < -0.4 is 0 Å². The van der Waals surface area contributed by atoms with Gasteiger partial charge in [0.1, 0.15) is 6.79 Å². The van der Waals surface area contributed by atoms with Gasteiger partial charge in [-0.15, -0.1) is 11.3 Å². The highest BCUT2D eigenvalue weighted by molar-refractivity contribution is 7.12. The average Bonchev–Trinajstić information content (AvgIpc) is 3.02. The molecule has 20 heavy (non-hydrogen) atoms. The lowest BCUT2D eigenvalue weighted by molar-refractivity contribution is -0.133. The van der Waals surface area contributed by atoms with Gasteiger partial charge in [0, 0.05) is 11.0 Å². The Bertz CT molecular complexity index is 581. The van der Waals surface area contributed by atoms with Crippen LogP contribution in [0.15, 0.2) is 41.8 Å². The van der Waals surface area contributed by atoms with Gasteiger partial charge in [-0.05, 0) is 17.0 Å². The number of thiophene rings is 1. The van der Waals surface area contributed by atoms with Crippen LogP contribution in [0, 0.1) is 0 Å². The van der Waals surface area contributed by atoms with E-state index in [2.05, 4.69) is 6.92 Å². The molecule has 0 bridgehead atoms. The van der Waals surface area contributed by atoms with E-state index in [9.17, 15) is 4.79 Å². The molecule has 0 spiro atoms. The zero-order chi connectivity index (χ0) is 14.0. The maximum Gasteiger partial charge on any atom is 0.202 e. The van der Waals surface area contributed by atoms with E-state index in [1.165, 1.54) is 11.3 Å².